The number of nitrogens with zero attached hydrogens (tertiary/aromatic N) is 1. The fourth-order valence-corrected chi connectivity index (χ4v) is 3.89. The van der Waals surface area contributed by atoms with E-state index in [1.54, 1.807) is 0 Å². The van der Waals surface area contributed by atoms with Gasteiger partial charge in [-0.1, -0.05) is 11.6 Å². The molecule has 3 rings (SSSR count). The van der Waals surface area contributed by atoms with Crippen LogP contribution >= 0.6 is 11.6 Å². The molecule has 1 aliphatic carbocycles. The molecule has 2 aliphatic rings. The van der Waals surface area contributed by atoms with Crippen molar-refractivity contribution in [2.45, 2.75) is 58.1 Å². The molecule has 1 amide bonds. The van der Waals surface area contributed by atoms with Crippen LogP contribution in [-0.4, -0.2) is 35.7 Å². The molecule has 0 unspecified atom stereocenters. The molecule has 1 N–H and O–H groups in total. The second kappa shape index (κ2) is 6.47. The van der Waals surface area contributed by atoms with Crippen LogP contribution in [0.3, 0.4) is 0 Å². The zero-order valence-corrected chi connectivity index (χ0v) is 15.5. The molecule has 24 heavy (non-hydrogen) atoms. The van der Waals surface area contributed by atoms with Gasteiger partial charge in [0.2, 0.25) is 0 Å². The zero-order chi connectivity index (χ0) is 17.4. The molecule has 1 saturated carbocycles. The number of hydrogen-bond donors (Lipinski definition) is 1. The lowest BCUT2D eigenvalue weighted by atomic mass is 9.60. The number of carbonyl (C=O) groups is 1. The molecular formula is C19H27ClN2O2. The monoisotopic (exact) mass is 350 g/mol. The second-order valence-electron chi connectivity index (χ2n) is 8.22. The Morgan fingerprint density at radius 1 is 1.21 bits per heavy atom. The first-order chi connectivity index (χ1) is 11.2. The van der Waals surface area contributed by atoms with E-state index in [1.165, 1.54) is 12.8 Å². The predicted octanol–water partition coefficient (Wildman–Crippen LogP) is 4.93. The number of rotatable bonds is 2. The normalized spacial score (nSPS) is 20.6. The van der Waals surface area contributed by atoms with Gasteiger partial charge in [-0.25, -0.2) is 4.79 Å². The van der Waals surface area contributed by atoms with Crippen LogP contribution in [0.4, 0.5) is 10.5 Å². The number of carbonyl (C=O) groups excluding carboxylic acids is 1. The lowest BCUT2D eigenvalue weighted by molar-refractivity contribution is -0.00859. The molecule has 5 heteroatoms. The second-order valence-corrected chi connectivity index (χ2v) is 8.66. The summed E-state index contributed by atoms with van der Waals surface area (Å²) in [6, 6.07) is 8.41. The first-order valence-electron chi connectivity index (χ1n) is 8.75. The number of nitrogens with one attached hydrogen (secondary N) is 1. The van der Waals surface area contributed by atoms with Crippen molar-refractivity contribution in [3.63, 3.8) is 0 Å². The van der Waals surface area contributed by atoms with Crippen LogP contribution in [0.2, 0.25) is 5.02 Å². The van der Waals surface area contributed by atoms with E-state index in [2.05, 4.69) is 5.32 Å². The van der Waals surface area contributed by atoms with Crippen molar-refractivity contribution in [3.05, 3.63) is 29.3 Å². The quantitative estimate of drug-likeness (QED) is 0.822. The predicted molar refractivity (Wildman–Crippen MR) is 97.6 cm³/mol. The highest BCUT2D eigenvalue weighted by Gasteiger charge is 2.46. The highest BCUT2D eigenvalue weighted by molar-refractivity contribution is 6.30. The molecule has 0 atom stereocenters. The number of piperidine rings is 1. The van der Waals surface area contributed by atoms with Gasteiger partial charge in [-0.15, -0.1) is 0 Å². The smallest absolute Gasteiger partial charge is 0.410 e. The molecule has 4 nitrogen and oxygen atoms in total. The van der Waals surface area contributed by atoms with Gasteiger partial charge in [0, 0.05) is 29.8 Å². The van der Waals surface area contributed by atoms with Crippen LogP contribution in [-0.2, 0) is 4.74 Å². The van der Waals surface area contributed by atoms with Gasteiger partial charge >= 0.3 is 6.09 Å². The van der Waals surface area contributed by atoms with Crippen LogP contribution in [0.25, 0.3) is 0 Å². The van der Waals surface area contributed by atoms with Crippen molar-refractivity contribution in [2.75, 3.05) is 18.4 Å². The molecule has 0 aromatic heterocycles. The van der Waals surface area contributed by atoms with Crippen LogP contribution in [0.1, 0.15) is 46.5 Å². The summed E-state index contributed by atoms with van der Waals surface area (Å²) in [5.74, 6) is 0. The van der Waals surface area contributed by atoms with Gasteiger partial charge in [0.25, 0.3) is 0 Å². The highest BCUT2D eigenvalue weighted by Crippen LogP contribution is 2.50. The van der Waals surface area contributed by atoms with E-state index in [0.717, 1.165) is 36.6 Å². The Bertz CT molecular complexity index is 578. The minimum absolute atomic E-state index is 0.174. The maximum Gasteiger partial charge on any atom is 0.410 e. The van der Waals surface area contributed by atoms with Crippen LogP contribution in [0, 0.1) is 5.41 Å². The molecule has 1 saturated heterocycles. The SMILES string of the molecule is CC(C)(C)OC(=O)N1CCC2(CC1)CC(Nc1ccc(Cl)cc1)C2. The molecule has 1 aliphatic heterocycles. The number of ether oxygens (including phenoxy) is 1. The minimum atomic E-state index is -0.420. The van der Waals surface area contributed by atoms with Crippen LogP contribution in [0.5, 0.6) is 0 Å². The number of hydrogen-bond acceptors (Lipinski definition) is 3. The minimum Gasteiger partial charge on any atom is -0.444 e. The number of anilines is 1. The Balaban J connectivity index is 1.45. The third-order valence-electron chi connectivity index (χ3n) is 5.05. The van der Waals surface area contributed by atoms with E-state index in [9.17, 15) is 4.79 Å². The average molecular weight is 351 g/mol. The Morgan fingerprint density at radius 3 is 2.33 bits per heavy atom. The lowest BCUT2D eigenvalue weighted by Crippen LogP contribution is -2.53. The molecule has 0 bridgehead atoms. The highest BCUT2D eigenvalue weighted by atomic mass is 35.5. The zero-order valence-electron chi connectivity index (χ0n) is 14.8. The van der Waals surface area contributed by atoms with Gasteiger partial charge in [-0.05, 0) is 76.1 Å². The summed E-state index contributed by atoms with van der Waals surface area (Å²) in [5, 5.41) is 4.34. The molecule has 1 spiro atoms. The molecule has 2 fully saturated rings. The van der Waals surface area contributed by atoms with Crippen molar-refractivity contribution in [1.82, 2.24) is 4.90 Å². The van der Waals surface area contributed by atoms with Gasteiger partial charge in [0.05, 0.1) is 0 Å². The van der Waals surface area contributed by atoms with Crippen molar-refractivity contribution >= 4 is 23.4 Å². The Kier molecular flexibility index (Phi) is 4.69. The summed E-state index contributed by atoms with van der Waals surface area (Å²) in [4.78, 5) is 14.0. The van der Waals surface area contributed by atoms with E-state index in [4.69, 9.17) is 16.3 Å². The van der Waals surface area contributed by atoms with E-state index in [1.807, 2.05) is 49.9 Å². The first kappa shape index (κ1) is 17.4. The molecule has 1 heterocycles. The summed E-state index contributed by atoms with van der Waals surface area (Å²) >= 11 is 5.92. The maximum atomic E-state index is 12.1. The summed E-state index contributed by atoms with van der Waals surface area (Å²) in [7, 11) is 0. The topological polar surface area (TPSA) is 41.6 Å². The number of benzene rings is 1. The van der Waals surface area contributed by atoms with Crippen LogP contribution in [0.15, 0.2) is 24.3 Å². The molecule has 1 aromatic rings. The number of amides is 1. The van der Waals surface area contributed by atoms with Crippen molar-refractivity contribution in [1.29, 1.82) is 0 Å². The third kappa shape index (κ3) is 4.15. The molecular weight excluding hydrogens is 324 g/mol. The standard InChI is InChI=1S/C19H27ClN2O2/c1-18(2,3)24-17(23)22-10-8-19(9-11-22)12-16(13-19)21-15-6-4-14(20)5-7-15/h4-7,16,21H,8-13H2,1-3H3. The average Bonchev–Trinajstić information content (AvgIpc) is 2.47. The van der Waals surface area contributed by atoms with E-state index in [0.29, 0.717) is 11.5 Å². The number of halogens is 1. The van der Waals surface area contributed by atoms with Crippen molar-refractivity contribution in [3.8, 4) is 0 Å². The maximum absolute atomic E-state index is 12.1. The van der Waals surface area contributed by atoms with Gasteiger partial charge in [-0.3, -0.25) is 0 Å². The fourth-order valence-electron chi connectivity index (χ4n) is 3.77. The fraction of sp³-hybridized carbons (Fsp3) is 0.632. The van der Waals surface area contributed by atoms with E-state index < -0.39 is 5.60 Å². The van der Waals surface area contributed by atoms with Crippen molar-refractivity contribution < 1.29 is 9.53 Å². The Morgan fingerprint density at radius 2 is 1.79 bits per heavy atom. The summed E-state index contributed by atoms with van der Waals surface area (Å²) < 4.78 is 5.47. The van der Waals surface area contributed by atoms with Crippen molar-refractivity contribution in [2.24, 2.45) is 5.41 Å². The van der Waals surface area contributed by atoms with E-state index >= 15 is 0 Å². The van der Waals surface area contributed by atoms with Crippen LogP contribution < -0.4 is 5.32 Å². The Hall–Kier alpha value is -1.42. The van der Waals surface area contributed by atoms with Gasteiger partial charge in [-0.2, -0.15) is 0 Å². The molecule has 1 aromatic carbocycles. The Labute approximate surface area is 149 Å². The van der Waals surface area contributed by atoms with Gasteiger partial charge in [0.15, 0.2) is 0 Å². The number of likely N-dealkylation sites (tertiary alicyclic amines) is 1. The summed E-state index contributed by atoms with van der Waals surface area (Å²) in [5.41, 5.74) is 1.12. The first-order valence-corrected chi connectivity index (χ1v) is 9.13. The largest absolute Gasteiger partial charge is 0.444 e. The third-order valence-corrected chi connectivity index (χ3v) is 5.30. The van der Waals surface area contributed by atoms with Gasteiger partial charge < -0.3 is 15.0 Å². The molecule has 0 radical (unpaired) electrons. The lowest BCUT2D eigenvalue weighted by Gasteiger charge is -2.52. The molecule has 132 valence electrons. The van der Waals surface area contributed by atoms with Gasteiger partial charge in [0.1, 0.15) is 5.60 Å². The summed E-state index contributed by atoms with van der Waals surface area (Å²) in [6.45, 7) is 7.35. The van der Waals surface area contributed by atoms with E-state index in [-0.39, 0.29) is 6.09 Å². The summed E-state index contributed by atoms with van der Waals surface area (Å²) in [6.07, 6.45) is 4.33.